The molecule has 0 aromatic heterocycles. The number of hydrogen-bond donors (Lipinski definition) is 1. The summed E-state index contributed by atoms with van der Waals surface area (Å²) in [6.07, 6.45) is 1.58. The summed E-state index contributed by atoms with van der Waals surface area (Å²) in [4.78, 5) is 23.5. The number of carboxylic acids is 1. The van der Waals surface area contributed by atoms with Gasteiger partial charge in [0.15, 0.2) is 5.78 Å². The topological polar surface area (TPSA) is 63.6 Å². The van der Waals surface area contributed by atoms with Crippen LogP contribution in [0, 0.1) is 0 Å². The predicted octanol–water partition coefficient (Wildman–Crippen LogP) is 3.35. The van der Waals surface area contributed by atoms with Gasteiger partial charge in [-0.1, -0.05) is 36.4 Å². The van der Waals surface area contributed by atoms with Crippen molar-refractivity contribution < 1.29 is 19.4 Å². The zero-order valence-electron chi connectivity index (χ0n) is 12.0. The predicted molar refractivity (Wildman–Crippen MR) is 81.5 cm³/mol. The van der Waals surface area contributed by atoms with Crippen molar-refractivity contribution in [2.45, 2.75) is 25.4 Å². The second-order valence-electron chi connectivity index (χ2n) is 5.38. The SMILES string of the molecule is O=C(O)c1cccc2c1C(=O)CC(CCc1ccccc1)O2. The molecule has 2 aromatic rings. The van der Waals surface area contributed by atoms with Crippen LogP contribution in [0.1, 0.15) is 39.1 Å². The van der Waals surface area contributed by atoms with Crippen LogP contribution < -0.4 is 4.74 Å². The molecule has 0 radical (unpaired) electrons. The summed E-state index contributed by atoms with van der Waals surface area (Å²) in [6, 6.07) is 14.7. The molecule has 0 saturated carbocycles. The Bertz CT molecular complexity index is 706. The van der Waals surface area contributed by atoms with E-state index < -0.39 is 5.97 Å². The average molecular weight is 296 g/mol. The summed E-state index contributed by atoms with van der Waals surface area (Å²) >= 11 is 0. The zero-order valence-corrected chi connectivity index (χ0v) is 12.0. The number of benzene rings is 2. The molecule has 4 nitrogen and oxygen atoms in total. The van der Waals surface area contributed by atoms with Gasteiger partial charge in [0.05, 0.1) is 11.1 Å². The third-order valence-electron chi connectivity index (χ3n) is 3.84. The van der Waals surface area contributed by atoms with Crippen molar-refractivity contribution in [3.63, 3.8) is 0 Å². The van der Waals surface area contributed by atoms with Gasteiger partial charge in [-0.25, -0.2) is 4.79 Å². The monoisotopic (exact) mass is 296 g/mol. The molecule has 0 amide bonds. The molecule has 1 atom stereocenters. The summed E-state index contributed by atoms with van der Waals surface area (Å²) in [7, 11) is 0. The Balaban J connectivity index is 1.76. The van der Waals surface area contributed by atoms with Gasteiger partial charge in [-0.3, -0.25) is 4.79 Å². The number of carbonyl (C=O) groups excluding carboxylic acids is 1. The number of carbonyl (C=O) groups is 2. The lowest BCUT2D eigenvalue weighted by Gasteiger charge is -2.26. The number of fused-ring (bicyclic) bond motifs is 1. The van der Waals surface area contributed by atoms with Crippen molar-refractivity contribution >= 4 is 11.8 Å². The van der Waals surface area contributed by atoms with Crippen molar-refractivity contribution in [3.05, 3.63) is 65.2 Å². The molecule has 0 fully saturated rings. The van der Waals surface area contributed by atoms with Crippen molar-refractivity contribution in [1.82, 2.24) is 0 Å². The van der Waals surface area contributed by atoms with Crippen LogP contribution in [0.25, 0.3) is 0 Å². The van der Waals surface area contributed by atoms with Crippen molar-refractivity contribution in [3.8, 4) is 5.75 Å². The molecule has 22 heavy (non-hydrogen) atoms. The Kier molecular flexibility index (Phi) is 3.92. The minimum Gasteiger partial charge on any atom is -0.489 e. The summed E-state index contributed by atoms with van der Waals surface area (Å²) in [5.41, 5.74) is 1.42. The van der Waals surface area contributed by atoms with Gasteiger partial charge in [-0.15, -0.1) is 0 Å². The molecule has 0 bridgehead atoms. The van der Waals surface area contributed by atoms with Gasteiger partial charge in [-0.05, 0) is 30.5 Å². The van der Waals surface area contributed by atoms with E-state index in [9.17, 15) is 9.59 Å². The van der Waals surface area contributed by atoms with E-state index in [1.165, 1.54) is 11.6 Å². The number of Topliss-reactive ketones (excluding diaryl/α,β-unsaturated/α-hetero) is 1. The van der Waals surface area contributed by atoms with Crippen LogP contribution in [0.4, 0.5) is 0 Å². The molecule has 4 heteroatoms. The van der Waals surface area contributed by atoms with E-state index >= 15 is 0 Å². The number of aryl methyl sites for hydroxylation is 1. The van der Waals surface area contributed by atoms with Gasteiger partial charge in [0.25, 0.3) is 0 Å². The largest absolute Gasteiger partial charge is 0.489 e. The minimum absolute atomic E-state index is 0.0176. The van der Waals surface area contributed by atoms with Gasteiger partial charge in [-0.2, -0.15) is 0 Å². The number of ketones is 1. The molecule has 0 aliphatic carbocycles. The standard InChI is InChI=1S/C18H16O4/c19-15-11-13(10-9-12-5-2-1-3-6-12)22-16-8-4-7-14(17(15)16)18(20)21/h1-8,13H,9-11H2,(H,20,21). The summed E-state index contributed by atoms with van der Waals surface area (Å²) in [5, 5.41) is 9.17. The van der Waals surface area contributed by atoms with Crippen molar-refractivity contribution in [2.24, 2.45) is 0 Å². The number of rotatable bonds is 4. The van der Waals surface area contributed by atoms with Crippen LogP contribution >= 0.6 is 0 Å². The van der Waals surface area contributed by atoms with Gasteiger partial charge in [0.1, 0.15) is 11.9 Å². The van der Waals surface area contributed by atoms with Gasteiger partial charge >= 0.3 is 5.97 Å². The summed E-state index contributed by atoms with van der Waals surface area (Å²) < 4.78 is 5.83. The van der Waals surface area contributed by atoms with Crippen molar-refractivity contribution in [2.75, 3.05) is 0 Å². The van der Waals surface area contributed by atoms with E-state index in [-0.39, 0.29) is 29.4 Å². The molecule has 2 aromatic carbocycles. The summed E-state index contributed by atoms with van der Waals surface area (Å²) in [5.74, 6) is -0.872. The highest BCUT2D eigenvalue weighted by Crippen LogP contribution is 2.31. The van der Waals surface area contributed by atoms with E-state index in [2.05, 4.69) is 0 Å². The first-order chi connectivity index (χ1) is 10.6. The first-order valence-corrected chi connectivity index (χ1v) is 7.25. The Labute approximate surface area is 128 Å². The smallest absolute Gasteiger partial charge is 0.336 e. The molecule has 1 N–H and O–H groups in total. The number of hydrogen-bond acceptors (Lipinski definition) is 3. The van der Waals surface area contributed by atoms with Crippen LogP contribution in [0.15, 0.2) is 48.5 Å². The Morgan fingerprint density at radius 1 is 1.14 bits per heavy atom. The molecule has 1 heterocycles. The molecule has 0 saturated heterocycles. The van der Waals surface area contributed by atoms with Crippen LogP contribution in [-0.2, 0) is 6.42 Å². The lowest BCUT2D eigenvalue weighted by Crippen LogP contribution is -2.29. The third kappa shape index (κ3) is 2.86. The Hall–Kier alpha value is -2.62. The minimum atomic E-state index is -1.10. The van der Waals surface area contributed by atoms with E-state index in [0.29, 0.717) is 5.75 Å². The fourth-order valence-electron chi connectivity index (χ4n) is 2.76. The maximum atomic E-state index is 12.3. The maximum Gasteiger partial charge on any atom is 0.336 e. The van der Waals surface area contributed by atoms with E-state index in [4.69, 9.17) is 9.84 Å². The molecule has 1 aliphatic rings. The fraction of sp³-hybridized carbons (Fsp3) is 0.222. The summed E-state index contributed by atoms with van der Waals surface area (Å²) in [6.45, 7) is 0. The number of aromatic carboxylic acids is 1. The number of ether oxygens (including phenoxy) is 1. The molecule has 112 valence electrons. The van der Waals surface area contributed by atoms with Crippen molar-refractivity contribution in [1.29, 1.82) is 0 Å². The lowest BCUT2D eigenvalue weighted by atomic mass is 9.93. The molecule has 0 spiro atoms. The van der Waals surface area contributed by atoms with E-state index in [1.54, 1.807) is 12.1 Å². The van der Waals surface area contributed by atoms with Gasteiger partial charge in [0, 0.05) is 6.42 Å². The van der Waals surface area contributed by atoms with E-state index in [0.717, 1.165) is 12.8 Å². The molecule has 1 unspecified atom stereocenters. The first-order valence-electron chi connectivity index (χ1n) is 7.25. The van der Waals surface area contributed by atoms with Crippen LogP contribution in [-0.4, -0.2) is 23.0 Å². The maximum absolute atomic E-state index is 12.3. The highest BCUT2D eigenvalue weighted by molar-refractivity contribution is 6.08. The zero-order chi connectivity index (χ0) is 15.5. The van der Waals surface area contributed by atoms with Crippen LogP contribution in [0.2, 0.25) is 0 Å². The first kappa shape index (κ1) is 14.3. The third-order valence-corrected chi connectivity index (χ3v) is 3.84. The molecular weight excluding hydrogens is 280 g/mol. The fourth-order valence-corrected chi connectivity index (χ4v) is 2.76. The normalized spacial score (nSPS) is 16.7. The second-order valence-corrected chi connectivity index (χ2v) is 5.38. The van der Waals surface area contributed by atoms with Crippen LogP contribution in [0.5, 0.6) is 5.75 Å². The Morgan fingerprint density at radius 3 is 2.64 bits per heavy atom. The lowest BCUT2D eigenvalue weighted by molar-refractivity contribution is 0.0680. The number of carboxylic acid groups (broad SMARTS) is 1. The van der Waals surface area contributed by atoms with Crippen LogP contribution in [0.3, 0.4) is 0 Å². The second kappa shape index (κ2) is 6.02. The molecule has 3 rings (SSSR count). The Morgan fingerprint density at radius 2 is 1.91 bits per heavy atom. The highest BCUT2D eigenvalue weighted by atomic mass is 16.5. The molecular formula is C18H16O4. The molecule has 1 aliphatic heterocycles. The van der Waals surface area contributed by atoms with Gasteiger partial charge in [0.2, 0.25) is 0 Å². The quantitative estimate of drug-likeness (QED) is 0.939. The average Bonchev–Trinajstić information content (AvgIpc) is 2.53. The van der Waals surface area contributed by atoms with Gasteiger partial charge < -0.3 is 9.84 Å². The van der Waals surface area contributed by atoms with E-state index in [1.807, 2.05) is 30.3 Å². The highest BCUT2D eigenvalue weighted by Gasteiger charge is 2.30.